The summed E-state index contributed by atoms with van der Waals surface area (Å²) in [5.74, 6) is -0.174. The first-order valence-electron chi connectivity index (χ1n) is 9.18. The van der Waals surface area contributed by atoms with Gasteiger partial charge in [-0.3, -0.25) is 9.59 Å². The van der Waals surface area contributed by atoms with E-state index in [0.29, 0.717) is 30.7 Å². The molecule has 8 nitrogen and oxygen atoms in total. The van der Waals surface area contributed by atoms with Gasteiger partial charge in [-0.05, 0) is 45.6 Å². The molecule has 3 rings (SSSR count). The number of carbonyl (C=O) groups excluding carboxylic acids is 2. The van der Waals surface area contributed by atoms with Crippen molar-refractivity contribution in [2.75, 3.05) is 13.2 Å². The van der Waals surface area contributed by atoms with Gasteiger partial charge in [0.05, 0.1) is 23.1 Å². The molecule has 144 valence electrons. The predicted octanol–water partition coefficient (Wildman–Crippen LogP) is 1.49. The lowest BCUT2D eigenvalue weighted by molar-refractivity contribution is -0.121. The fourth-order valence-electron chi connectivity index (χ4n) is 3.24. The molecule has 1 aromatic rings. The standard InChI is InChI=1S/C19H25N5O3/c1-11-12(2)21-19(22-18(11)26)24-14(4)16(13(3)23-24)7-8-17(25)20-10-15-6-5-9-27-15/h15H,1,5-10H2,2-4H3,(H,20,25). The molecule has 3 heterocycles. The van der Waals surface area contributed by atoms with E-state index in [9.17, 15) is 9.59 Å². The highest BCUT2D eigenvalue weighted by molar-refractivity contribution is 6.27. The number of carbonyl (C=O) groups is 2. The summed E-state index contributed by atoms with van der Waals surface area (Å²) >= 11 is 0. The minimum atomic E-state index is -0.403. The zero-order valence-electron chi connectivity index (χ0n) is 16.0. The van der Waals surface area contributed by atoms with Crippen LogP contribution in [-0.2, 0) is 20.7 Å². The molecular formula is C19H25N5O3. The molecule has 0 aromatic carbocycles. The summed E-state index contributed by atoms with van der Waals surface area (Å²) in [5, 5.41) is 7.39. The summed E-state index contributed by atoms with van der Waals surface area (Å²) in [6, 6.07) is 0. The normalized spacial score (nSPS) is 19.9. The maximum Gasteiger partial charge on any atom is 0.281 e. The monoisotopic (exact) mass is 371 g/mol. The summed E-state index contributed by atoms with van der Waals surface area (Å²) < 4.78 is 7.07. The summed E-state index contributed by atoms with van der Waals surface area (Å²) in [7, 11) is 0. The van der Waals surface area contributed by atoms with Gasteiger partial charge in [0.1, 0.15) is 0 Å². The number of aliphatic imine (C=N–C) groups is 2. The van der Waals surface area contributed by atoms with Crippen LogP contribution in [0.3, 0.4) is 0 Å². The van der Waals surface area contributed by atoms with E-state index in [1.165, 1.54) is 0 Å². The third-order valence-electron chi connectivity index (χ3n) is 4.95. The van der Waals surface area contributed by atoms with Gasteiger partial charge in [0, 0.05) is 25.3 Å². The van der Waals surface area contributed by atoms with Crippen LogP contribution in [-0.4, -0.2) is 52.5 Å². The van der Waals surface area contributed by atoms with Crippen LogP contribution < -0.4 is 5.32 Å². The predicted molar refractivity (Wildman–Crippen MR) is 102 cm³/mol. The first-order chi connectivity index (χ1) is 12.9. The molecule has 1 atom stereocenters. The van der Waals surface area contributed by atoms with Gasteiger partial charge >= 0.3 is 0 Å². The summed E-state index contributed by atoms with van der Waals surface area (Å²) in [5.41, 5.74) is 3.42. The average Bonchev–Trinajstić information content (AvgIpc) is 3.24. The highest BCUT2D eigenvalue weighted by Crippen LogP contribution is 2.17. The Kier molecular flexibility index (Phi) is 5.65. The van der Waals surface area contributed by atoms with Crippen LogP contribution in [0.15, 0.2) is 22.1 Å². The minimum absolute atomic E-state index is 0.00704. The number of amides is 2. The van der Waals surface area contributed by atoms with Gasteiger partial charge in [0.2, 0.25) is 5.91 Å². The molecule has 1 unspecified atom stereocenters. The first-order valence-corrected chi connectivity index (χ1v) is 9.18. The lowest BCUT2D eigenvalue weighted by Gasteiger charge is -2.12. The van der Waals surface area contributed by atoms with Crippen LogP contribution in [0.2, 0.25) is 0 Å². The van der Waals surface area contributed by atoms with E-state index in [4.69, 9.17) is 4.74 Å². The van der Waals surface area contributed by atoms with E-state index in [2.05, 4.69) is 27.0 Å². The topological polar surface area (TPSA) is 97.9 Å². The SMILES string of the molecule is C=C1C(=O)N=C(n2nc(C)c(CCC(=O)NCC3CCCO3)c2C)N=C1C. The summed E-state index contributed by atoms with van der Waals surface area (Å²) in [6.45, 7) is 10.5. The van der Waals surface area contributed by atoms with E-state index >= 15 is 0 Å². The van der Waals surface area contributed by atoms with Gasteiger partial charge in [-0.1, -0.05) is 6.58 Å². The van der Waals surface area contributed by atoms with Gasteiger partial charge in [0.15, 0.2) is 0 Å². The van der Waals surface area contributed by atoms with Crippen molar-refractivity contribution in [3.8, 4) is 0 Å². The molecule has 2 aliphatic rings. The number of rotatable bonds is 5. The molecule has 0 aliphatic carbocycles. The van der Waals surface area contributed by atoms with E-state index in [1.807, 2.05) is 13.8 Å². The Morgan fingerprint density at radius 1 is 1.33 bits per heavy atom. The number of aryl methyl sites for hydroxylation is 1. The maximum atomic E-state index is 12.1. The van der Waals surface area contributed by atoms with E-state index in [1.54, 1.807) is 11.6 Å². The van der Waals surface area contributed by atoms with Crippen LogP contribution in [0.1, 0.15) is 43.1 Å². The number of hydrogen-bond acceptors (Lipinski definition) is 5. The van der Waals surface area contributed by atoms with Gasteiger partial charge < -0.3 is 10.1 Å². The van der Waals surface area contributed by atoms with E-state index < -0.39 is 5.91 Å². The molecular weight excluding hydrogens is 346 g/mol. The maximum absolute atomic E-state index is 12.1. The smallest absolute Gasteiger partial charge is 0.281 e. The zero-order chi connectivity index (χ0) is 19.6. The second kappa shape index (κ2) is 7.96. The second-order valence-electron chi connectivity index (χ2n) is 6.89. The van der Waals surface area contributed by atoms with Crippen molar-refractivity contribution in [3.63, 3.8) is 0 Å². The molecule has 1 aromatic heterocycles. The highest BCUT2D eigenvalue weighted by atomic mass is 16.5. The van der Waals surface area contributed by atoms with Gasteiger partial charge in [-0.25, -0.2) is 9.67 Å². The Balaban J connectivity index is 1.65. The second-order valence-corrected chi connectivity index (χ2v) is 6.89. The van der Waals surface area contributed by atoms with Crippen molar-refractivity contribution < 1.29 is 14.3 Å². The van der Waals surface area contributed by atoms with Gasteiger partial charge in [-0.2, -0.15) is 10.1 Å². The summed E-state index contributed by atoms with van der Waals surface area (Å²) in [6.07, 6.45) is 3.12. The van der Waals surface area contributed by atoms with Gasteiger partial charge in [-0.15, -0.1) is 0 Å². The third-order valence-corrected chi connectivity index (χ3v) is 4.95. The average molecular weight is 371 g/mol. The van der Waals surface area contributed by atoms with Crippen molar-refractivity contribution in [3.05, 3.63) is 29.1 Å². The molecule has 2 aliphatic heterocycles. The molecule has 8 heteroatoms. The Bertz CT molecular complexity index is 844. The minimum Gasteiger partial charge on any atom is -0.376 e. The number of hydrogen-bond donors (Lipinski definition) is 1. The van der Waals surface area contributed by atoms with E-state index in [-0.39, 0.29) is 18.0 Å². The molecule has 0 bridgehead atoms. The zero-order valence-corrected chi connectivity index (χ0v) is 16.0. The largest absolute Gasteiger partial charge is 0.376 e. The number of ether oxygens (including phenoxy) is 1. The summed E-state index contributed by atoms with van der Waals surface area (Å²) in [4.78, 5) is 32.3. The van der Waals surface area contributed by atoms with Crippen LogP contribution >= 0.6 is 0 Å². The number of nitrogens with zero attached hydrogens (tertiary/aromatic N) is 4. The Labute approximate surface area is 158 Å². The van der Waals surface area contributed by atoms with Crippen molar-refractivity contribution in [2.24, 2.45) is 9.98 Å². The first kappa shape index (κ1) is 19.2. The van der Waals surface area contributed by atoms with Crippen molar-refractivity contribution in [1.29, 1.82) is 0 Å². The fraction of sp³-hybridized carbons (Fsp3) is 0.526. The van der Waals surface area contributed by atoms with Crippen LogP contribution in [0.4, 0.5) is 0 Å². The molecule has 0 spiro atoms. The Morgan fingerprint density at radius 3 is 2.78 bits per heavy atom. The molecule has 1 N–H and O–H groups in total. The molecule has 1 fully saturated rings. The third kappa shape index (κ3) is 4.21. The van der Waals surface area contributed by atoms with Crippen molar-refractivity contribution >= 4 is 23.5 Å². The lowest BCUT2D eigenvalue weighted by atomic mass is 10.1. The van der Waals surface area contributed by atoms with Crippen LogP contribution in [0, 0.1) is 13.8 Å². The van der Waals surface area contributed by atoms with Gasteiger partial charge in [0.25, 0.3) is 11.9 Å². The fourth-order valence-corrected chi connectivity index (χ4v) is 3.24. The van der Waals surface area contributed by atoms with Crippen molar-refractivity contribution in [1.82, 2.24) is 15.1 Å². The van der Waals surface area contributed by atoms with Crippen molar-refractivity contribution in [2.45, 2.75) is 52.6 Å². The quantitative estimate of drug-likeness (QED) is 0.793. The lowest BCUT2D eigenvalue weighted by Crippen LogP contribution is -2.31. The molecule has 1 saturated heterocycles. The molecule has 27 heavy (non-hydrogen) atoms. The van der Waals surface area contributed by atoms with Crippen LogP contribution in [0.5, 0.6) is 0 Å². The van der Waals surface area contributed by atoms with Crippen LogP contribution in [0.25, 0.3) is 0 Å². The molecule has 0 saturated carbocycles. The Morgan fingerprint density at radius 2 is 2.11 bits per heavy atom. The highest BCUT2D eigenvalue weighted by Gasteiger charge is 2.22. The molecule has 0 radical (unpaired) electrons. The Hall–Kier alpha value is -2.61. The number of nitrogens with one attached hydrogen (secondary N) is 1. The number of aromatic nitrogens is 2. The molecule has 2 amide bonds. The van der Waals surface area contributed by atoms with E-state index in [0.717, 1.165) is 36.4 Å².